The monoisotopic (exact) mass is 395 g/mol. The van der Waals surface area contributed by atoms with Crippen LogP contribution in [0.4, 0.5) is 4.39 Å². The number of halogens is 1. The van der Waals surface area contributed by atoms with E-state index in [-0.39, 0.29) is 23.9 Å². The summed E-state index contributed by atoms with van der Waals surface area (Å²) < 4.78 is 20.6. The quantitative estimate of drug-likeness (QED) is 0.645. The minimum Gasteiger partial charge on any atom is -0.491 e. The van der Waals surface area contributed by atoms with Crippen molar-refractivity contribution in [2.24, 2.45) is 0 Å². The van der Waals surface area contributed by atoms with E-state index < -0.39 is 0 Å². The molecule has 29 heavy (non-hydrogen) atoms. The van der Waals surface area contributed by atoms with Crippen molar-refractivity contribution in [3.05, 3.63) is 76.9 Å². The van der Waals surface area contributed by atoms with Gasteiger partial charge in [-0.2, -0.15) is 5.10 Å². The molecular formula is C23H26FN3O2. The van der Waals surface area contributed by atoms with Crippen molar-refractivity contribution < 1.29 is 13.9 Å². The number of aromatic nitrogens is 2. The standard InChI is InChI=1S/C23H26FN3O2/c1-14(2)29-21-8-6-7-18(13-21)15(3)25-23(28)22-16(4)26-27(17(22)5)20-11-9-19(24)10-12-20/h6-15H,1-5H3,(H,25,28). The van der Waals surface area contributed by atoms with Gasteiger partial charge in [-0.05, 0) is 76.6 Å². The molecule has 1 N–H and O–H groups in total. The molecule has 2 aromatic carbocycles. The summed E-state index contributed by atoms with van der Waals surface area (Å²) in [5, 5.41) is 7.51. The first-order valence-electron chi connectivity index (χ1n) is 9.66. The van der Waals surface area contributed by atoms with Crippen LogP contribution in [-0.2, 0) is 0 Å². The average Bonchev–Trinajstić information content (AvgIpc) is 2.96. The van der Waals surface area contributed by atoms with Gasteiger partial charge in [-0.15, -0.1) is 0 Å². The number of hydrogen-bond donors (Lipinski definition) is 1. The third-order valence-corrected chi connectivity index (χ3v) is 4.67. The summed E-state index contributed by atoms with van der Waals surface area (Å²) in [6.45, 7) is 9.51. The Labute approximate surface area is 170 Å². The Bertz CT molecular complexity index is 1010. The smallest absolute Gasteiger partial charge is 0.255 e. The molecule has 0 aliphatic heterocycles. The first kappa shape index (κ1) is 20.6. The van der Waals surface area contributed by atoms with E-state index in [0.717, 1.165) is 11.3 Å². The number of rotatable bonds is 6. The maximum absolute atomic E-state index is 13.2. The average molecular weight is 395 g/mol. The first-order chi connectivity index (χ1) is 13.8. The van der Waals surface area contributed by atoms with Gasteiger partial charge in [0.05, 0.1) is 34.8 Å². The lowest BCUT2D eigenvalue weighted by molar-refractivity contribution is 0.0938. The second kappa shape index (κ2) is 8.47. The van der Waals surface area contributed by atoms with Crippen molar-refractivity contribution in [1.29, 1.82) is 0 Å². The molecule has 0 aliphatic rings. The summed E-state index contributed by atoms with van der Waals surface area (Å²) in [6, 6.07) is 13.5. The number of nitrogens with one attached hydrogen (secondary N) is 1. The molecule has 152 valence electrons. The van der Waals surface area contributed by atoms with Gasteiger partial charge in [0.2, 0.25) is 0 Å². The number of amides is 1. The van der Waals surface area contributed by atoms with Crippen molar-refractivity contribution in [1.82, 2.24) is 15.1 Å². The van der Waals surface area contributed by atoms with Crippen LogP contribution < -0.4 is 10.1 Å². The lowest BCUT2D eigenvalue weighted by Crippen LogP contribution is -2.27. The summed E-state index contributed by atoms with van der Waals surface area (Å²) >= 11 is 0. The Balaban J connectivity index is 1.81. The van der Waals surface area contributed by atoms with Gasteiger partial charge in [0.15, 0.2) is 0 Å². The molecule has 0 saturated carbocycles. The van der Waals surface area contributed by atoms with Gasteiger partial charge in [0, 0.05) is 0 Å². The second-order valence-electron chi connectivity index (χ2n) is 7.37. The van der Waals surface area contributed by atoms with Crippen LogP contribution in [0.25, 0.3) is 5.69 Å². The fourth-order valence-corrected chi connectivity index (χ4v) is 3.29. The summed E-state index contributed by atoms with van der Waals surface area (Å²) in [5.41, 5.74) is 3.51. The van der Waals surface area contributed by atoms with E-state index in [0.29, 0.717) is 22.6 Å². The number of hydrogen-bond acceptors (Lipinski definition) is 3. The minimum absolute atomic E-state index is 0.0812. The van der Waals surface area contributed by atoms with Gasteiger partial charge in [-0.1, -0.05) is 12.1 Å². The Kier molecular flexibility index (Phi) is 6.01. The topological polar surface area (TPSA) is 56.2 Å². The van der Waals surface area contributed by atoms with E-state index in [1.54, 1.807) is 23.7 Å². The van der Waals surface area contributed by atoms with E-state index in [2.05, 4.69) is 10.4 Å². The van der Waals surface area contributed by atoms with E-state index in [1.807, 2.05) is 52.0 Å². The number of carbonyl (C=O) groups is 1. The lowest BCUT2D eigenvalue weighted by atomic mass is 10.1. The highest BCUT2D eigenvalue weighted by atomic mass is 19.1. The van der Waals surface area contributed by atoms with Crippen LogP contribution in [0.5, 0.6) is 5.75 Å². The molecule has 0 spiro atoms. The molecule has 6 heteroatoms. The summed E-state index contributed by atoms with van der Waals surface area (Å²) in [4.78, 5) is 13.0. The number of benzene rings is 2. The zero-order valence-electron chi connectivity index (χ0n) is 17.4. The number of ether oxygens (including phenoxy) is 1. The SMILES string of the molecule is Cc1nn(-c2ccc(F)cc2)c(C)c1C(=O)NC(C)c1cccc(OC(C)C)c1. The fourth-order valence-electron chi connectivity index (χ4n) is 3.29. The van der Waals surface area contributed by atoms with E-state index in [1.165, 1.54) is 12.1 Å². The van der Waals surface area contributed by atoms with Gasteiger partial charge in [-0.3, -0.25) is 4.79 Å². The van der Waals surface area contributed by atoms with Crippen LogP contribution in [0, 0.1) is 19.7 Å². The molecule has 0 radical (unpaired) electrons. The highest BCUT2D eigenvalue weighted by Crippen LogP contribution is 2.22. The predicted octanol–water partition coefficient (Wildman–Crippen LogP) is 4.91. The van der Waals surface area contributed by atoms with Crippen LogP contribution >= 0.6 is 0 Å². The number of carbonyl (C=O) groups excluding carboxylic acids is 1. The zero-order valence-corrected chi connectivity index (χ0v) is 17.4. The molecule has 5 nitrogen and oxygen atoms in total. The highest BCUT2D eigenvalue weighted by molar-refractivity contribution is 5.96. The predicted molar refractivity (Wildman–Crippen MR) is 111 cm³/mol. The third kappa shape index (κ3) is 4.65. The Hall–Kier alpha value is -3.15. The minimum atomic E-state index is -0.314. The van der Waals surface area contributed by atoms with Crippen molar-refractivity contribution in [3.63, 3.8) is 0 Å². The van der Waals surface area contributed by atoms with Gasteiger partial charge in [0.1, 0.15) is 11.6 Å². The van der Waals surface area contributed by atoms with Crippen LogP contribution in [0.15, 0.2) is 48.5 Å². The van der Waals surface area contributed by atoms with Gasteiger partial charge < -0.3 is 10.1 Å². The van der Waals surface area contributed by atoms with Gasteiger partial charge in [-0.25, -0.2) is 9.07 Å². The summed E-state index contributed by atoms with van der Waals surface area (Å²) in [5.74, 6) is 0.261. The largest absolute Gasteiger partial charge is 0.491 e. The molecule has 3 aromatic rings. The molecule has 1 amide bonds. The van der Waals surface area contributed by atoms with E-state index in [9.17, 15) is 9.18 Å². The van der Waals surface area contributed by atoms with Crippen LogP contribution in [0.1, 0.15) is 54.1 Å². The number of nitrogens with zero attached hydrogens (tertiary/aromatic N) is 2. The molecule has 3 rings (SSSR count). The maximum atomic E-state index is 13.2. The zero-order chi connectivity index (χ0) is 21.1. The van der Waals surface area contributed by atoms with Crippen molar-refractivity contribution in [3.8, 4) is 11.4 Å². The Morgan fingerprint density at radius 3 is 2.45 bits per heavy atom. The summed E-state index contributed by atoms with van der Waals surface area (Å²) in [7, 11) is 0. The highest BCUT2D eigenvalue weighted by Gasteiger charge is 2.21. The van der Waals surface area contributed by atoms with E-state index in [4.69, 9.17) is 4.74 Å². The molecule has 1 atom stereocenters. The molecule has 1 unspecified atom stereocenters. The Morgan fingerprint density at radius 2 is 1.79 bits per heavy atom. The molecule has 1 heterocycles. The third-order valence-electron chi connectivity index (χ3n) is 4.67. The number of aryl methyl sites for hydroxylation is 1. The molecule has 1 aromatic heterocycles. The van der Waals surface area contributed by atoms with Crippen LogP contribution in [-0.4, -0.2) is 21.8 Å². The van der Waals surface area contributed by atoms with Crippen molar-refractivity contribution in [2.45, 2.75) is 46.8 Å². The van der Waals surface area contributed by atoms with Crippen molar-refractivity contribution >= 4 is 5.91 Å². The van der Waals surface area contributed by atoms with Crippen LogP contribution in [0.2, 0.25) is 0 Å². The molecule has 0 saturated heterocycles. The summed E-state index contributed by atoms with van der Waals surface area (Å²) in [6.07, 6.45) is 0.0812. The normalized spacial score (nSPS) is 12.1. The lowest BCUT2D eigenvalue weighted by Gasteiger charge is -2.17. The molecular weight excluding hydrogens is 369 g/mol. The van der Waals surface area contributed by atoms with Gasteiger partial charge >= 0.3 is 0 Å². The molecule has 0 fully saturated rings. The molecule has 0 bridgehead atoms. The maximum Gasteiger partial charge on any atom is 0.255 e. The first-order valence-corrected chi connectivity index (χ1v) is 9.66. The molecule has 0 aliphatic carbocycles. The fraction of sp³-hybridized carbons (Fsp3) is 0.304. The Morgan fingerprint density at radius 1 is 1.10 bits per heavy atom. The van der Waals surface area contributed by atoms with Crippen molar-refractivity contribution in [2.75, 3.05) is 0 Å². The van der Waals surface area contributed by atoms with Crippen LogP contribution in [0.3, 0.4) is 0 Å². The second-order valence-corrected chi connectivity index (χ2v) is 7.37. The van der Waals surface area contributed by atoms with E-state index >= 15 is 0 Å². The van der Waals surface area contributed by atoms with Gasteiger partial charge in [0.25, 0.3) is 5.91 Å².